The highest BCUT2D eigenvalue weighted by atomic mass is 28.4. The molecule has 0 aliphatic heterocycles. The first-order chi connectivity index (χ1) is 9.86. The third kappa shape index (κ3) is 3.11. The summed E-state index contributed by atoms with van der Waals surface area (Å²) in [6.45, 7) is 14.2. The van der Waals surface area contributed by atoms with Crippen molar-refractivity contribution in [2.24, 2.45) is 17.8 Å². The molecule has 3 unspecified atom stereocenters. The summed E-state index contributed by atoms with van der Waals surface area (Å²) >= 11 is 0. The predicted octanol–water partition coefficient (Wildman–Crippen LogP) is 5.76. The van der Waals surface area contributed by atoms with Crippen LogP contribution in [0.25, 0.3) is 0 Å². The second-order valence-electron chi connectivity index (χ2n) is 7.55. The first kappa shape index (κ1) is 19.2. The topological polar surface area (TPSA) is 18.5 Å². The van der Waals surface area contributed by atoms with Crippen LogP contribution in [0.1, 0.15) is 73.6 Å². The van der Waals surface area contributed by atoms with Gasteiger partial charge in [0.2, 0.25) is 0 Å². The highest BCUT2D eigenvalue weighted by Gasteiger charge is 2.62. The van der Waals surface area contributed by atoms with Gasteiger partial charge in [-0.1, -0.05) is 73.6 Å². The van der Waals surface area contributed by atoms with Crippen molar-refractivity contribution in [3.05, 3.63) is 0 Å². The molecule has 0 aromatic carbocycles. The maximum absolute atomic E-state index is 6.34. The van der Waals surface area contributed by atoms with E-state index in [9.17, 15) is 0 Å². The van der Waals surface area contributed by atoms with E-state index in [2.05, 4.69) is 41.5 Å². The molecule has 3 atom stereocenters. The Hall–Kier alpha value is 0.137. The third-order valence-corrected chi connectivity index (χ3v) is 12.1. The number of rotatable bonds is 8. The van der Waals surface area contributed by atoms with Gasteiger partial charge in [0.25, 0.3) is 0 Å². The first-order valence-electron chi connectivity index (χ1n) is 8.96. The van der Waals surface area contributed by atoms with E-state index in [4.69, 9.17) is 8.85 Å². The van der Waals surface area contributed by atoms with E-state index in [1.165, 1.54) is 32.1 Å². The fourth-order valence-corrected chi connectivity index (χ4v) is 10.4. The van der Waals surface area contributed by atoms with Gasteiger partial charge in [0.15, 0.2) is 0 Å². The van der Waals surface area contributed by atoms with Gasteiger partial charge in [-0.25, -0.2) is 0 Å². The minimum atomic E-state index is -2.29. The zero-order valence-electron chi connectivity index (χ0n) is 15.7. The van der Waals surface area contributed by atoms with Gasteiger partial charge in [-0.05, 0) is 17.8 Å². The van der Waals surface area contributed by atoms with Gasteiger partial charge >= 0.3 is 8.56 Å². The molecule has 0 saturated heterocycles. The molecule has 21 heavy (non-hydrogen) atoms. The molecular formula is C18H38O2Si. The van der Waals surface area contributed by atoms with Crippen LogP contribution in [0.3, 0.4) is 0 Å². The van der Waals surface area contributed by atoms with Gasteiger partial charge in [-0.15, -0.1) is 0 Å². The van der Waals surface area contributed by atoms with Gasteiger partial charge in [0.05, 0.1) is 0 Å². The monoisotopic (exact) mass is 314 g/mol. The summed E-state index contributed by atoms with van der Waals surface area (Å²) in [7, 11) is 1.54. The Balaban J connectivity index is 3.30. The molecule has 1 saturated carbocycles. The molecule has 0 spiro atoms. The summed E-state index contributed by atoms with van der Waals surface area (Å²) in [5, 5.41) is 0.140. The van der Waals surface area contributed by atoms with Crippen molar-refractivity contribution in [3.8, 4) is 0 Å². The Morgan fingerprint density at radius 2 is 1.43 bits per heavy atom. The average molecular weight is 315 g/mol. The van der Waals surface area contributed by atoms with Crippen LogP contribution in [0.15, 0.2) is 0 Å². The van der Waals surface area contributed by atoms with Crippen LogP contribution in [0.2, 0.25) is 10.6 Å². The lowest BCUT2D eigenvalue weighted by molar-refractivity contribution is 0.156. The molecule has 0 radical (unpaired) electrons. The van der Waals surface area contributed by atoms with Crippen molar-refractivity contribution in [1.29, 1.82) is 0 Å². The molecule has 126 valence electrons. The van der Waals surface area contributed by atoms with E-state index in [0.29, 0.717) is 11.5 Å². The molecule has 1 rings (SSSR count). The van der Waals surface area contributed by atoms with E-state index < -0.39 is 8.56 Å². The molecule has 0 N–H and O–H groups in total. The quantitative estimate of drug-likeness (QED) is 0.530. The lowest BCUT2D eigenvalue weighted by Crippen LogP contribution is -2.58. The summed E-state index contributed by atoms with van der Waals surface area (Å²) in [5.41, 5.74) is 0.645. The van der Waals surface area contributed by atoms with Crippen LogP contribution in [0.5, 0.6) is 0 Å². The van der Waals surface area contributed by atoms with Crippen LogP contribution in [-0.2, 0) is 8.85 Å². The van der Waals surface area contributed by atoms with E-state index in [1.807, 2.05) is 14.2 Å². The van der Waals surface area contributed by atoms with Crippen LogP contribution in [0, 0.1) is 17.8 Å². The summed E-state index contributed by atoms with van der Waals surface area (Å²) in [5.74, 6) is 2.19. The predicted molar refractivity (Wildman–Crippen MR) is 93.8 cm³/mol. The summed E-state index contributed by atoms with van der Waals surface area (Å²) in [6.07, 6.45) is 6.43. The summed E-state index contributed by atoms with van der Waals surface area (Å²) < 4.78 is 12.7. The Morgan fingerprint density at radius 3 is 1.71 bits per heavy atom. The highest BCUT2D eigenvalue weighted by molar-refractivity contribution is 6.72. The van der Waals surface area contributed by atoms with Gasteiger partial charge in [-0.2, -0.15) is 0 Å². The minimum Gasteiger partial charge on any atom is -0.397 e. The first-order valence-corrected chi connectivity index (χ1v) is 10.9. The van der Waals surface area contributed by atoms with E-state index in [-0.39, 0.29) is 5.04 Å². The number of hydrogen-bond donors (Lipinski definition) is 0. The Bertz CT molecular complexity index is 300. The molecule has 0 amide bonds. The molecule has 0 bridgehead atoms. The summed E-state index contributed by atoms with van der Waals surface area (Å²) in [6, 6.07) is 0. The molecular weight excluding hydrogens is 276 g/mol. The zero-order chi connectivity index (χ0) is 16.3. The minimum absolute atomic E-state index is 0.140. The molecule has 0 heterocycles. The van der Waals surface area contributed by atoms with Gasteiger partial charge in [0.1, 0.15) is 0 Å². The van der Waals surface area contributed by atoms with Gasteiger partial charge < -0.3 is 8.85 Å². The second kappa shape index (κ2) is 7.61. The highest BCUT2D eigenvalue weighted by Crippen LogP contribution is 2.60. The number of hydrogen-bond acceptors (Lipinski definition) is 2. The second-order valence-corrected chi connectivity index (χ2v) is 11.7. The smallest absolute Gasteiger partial charge is 0.347 e. The lowest BCUT2D eigenvalue weighted by atomic mass is 9.94. The largest absolute Gasteiger partial charge is 0.397 e. The SMILES string of the molecule is CCC1CCC(CC)C1[Si](OC)(OC)C(C)(C)C(C)CC. The Labute approximate surface area is 134 Å². The van der Waals surface area contributed by atoms with Crippen LogP contribution < -0.4 is 0 Å². The van der Waals surface area contributed by atoms with Crippen LogP contribution in [-0.4, -0.2) is 22.8 Å². The van der Waals surface area contributed by atoms with Crippen molar-refractivity contribution < 1.29 is 8.85 Å². The average Bonchev–Trinajstić information content (AvgIpc) is 2.91. The van der Waals surface area contributed by atoms with E-state index >= 15 is 0 Å². The molecule has 2 nitrogen and oxygen atoms in total. The van der Waals surface area contributed by atoms with Crippen molar-refractivity contribution in [1.82, 2.24) is 0 Å². The molecule has 1 aliphatic rings. The maximum atomic E-state index is 6.34. The van der Waals surface area contributed by atoms with Crippen molar-refractivity contribution in [2.75, 3.05) is 14.2 Å². The standard InChI is InChI=1S/C18H38O2Si/c1-9-14(4)18(5,6)21(19-7,20-8)17-15(10-2)12-13-16(17)11-3/h14-17H,9-13H2,1-8H3. The molecule has 0 aromatic heterocycles. The van der Waals surface area contributed by atoms with Gasteiger partial charge in [0, 0.05) is 24.8 Å². The zero-order valence-corrected chi connectivity index (χ0v) is 16.7. The molecule has 3 heteroatoms. The maximum Gasteiger partial charge on any atom is 0.347 e. The van der Waals surface area contributed by atoms with Crippen LogP contribution >= 0.6 is 0 Å². The Kier molecular flexibility index (Phi) is 6.95. The van der Waals surface area contributed by atoms with E-state index in [0.717, 1.165) is 11.8 Å². The summed E-state index contributed by atoms with van der Waals surface area (Å²) in [4.78, 5) is 0. The lowest BCUT2D eigenvalue weighted by Gasteiger charge is -2.51. The third-order valence-electron chi connectivity index (χ3n) is 6.76. The van der Waals surface area contributed by atoms with Crippen molar-refractivity contribution >= 4 is 8.56 Å². The molecule has 0 aromatic rings. The van der Waals surface area contributed by atoms with E-state index in [1.54, 1.807) is 0 Å². The fraction of sp³-hybridized carbons (Fsp3) is 1.00. The van der Waals surface area contributed by atoms with Gasteiger partial charge in [-0.3, -0.25) is 0 Å². The Morgan fingerprint density at radius 1 is 1.00 bits per heavy atom. The fourth-order valence-electron chi connectivity index (χ4n) is 4.87. The normalized spacial score (nSPS) is 28.9. The molecule has 1 aliphatic carbocycles. The van der Waals surface area contributed by atoms with Crippen molar-refractivity contribution in [3.63, 3.8) is 0 Å². The van der Waals surface area contributed by atoms with Crippen molar-refractivity contribution in [2.45, 2.75) is 84.2 Å². The van der Waals surface area contributed by atoms with Crippen LogP contribution in [0.4, 0.5) is 0 Å². The molecule has 1 fully saturated rings.